The number of rotatable bonds is 3. The molecule has 2 aliphatic rings. The largest absolute Gasteiger partial charge is 0.462 e. The van der Waals surface area contributed by atoms with Crippen LogP contribution in [-0.2, 0) is 0 Å². The summed E-state index contributed by atoms with van der Waals surface area (Å²) in [5.41, 5.74) is 0.530. The summed E-state index contributed by atoms with van der Waals surface area (Å²) in [4.78, 5) is 17.9. The van der Waals surface area contributed by atoms with Gasteiger partial charge in [0.2, 0.25) is 0 Å². The molecule has 2 unspecified atom stereocenters. The molecule has 0 aliphatic carbocycles. The molecule has 0 spiro atoms. The van der Waals surface area contributed by atoms with E-state index in [1.54, 1.807) is 6.26 Å². The Morgan fingerprint density at radius 3 is 2.86 bits per heavy atom. The molecular weight excluding hydrogens is 298 g/mol. The van der Waals surface area contributed by atoms with Gasteiger partial charge >= 0.3 is 0 Å². The lowest BCUT2D eigenvalue weighted by Crippen LogP contribution is -2.48. The topological polar surface area (TPSA) is 67.2 Å². The summed E-state index contributed by atoms with van der Waals surface area (Å²) in [6, 6.07) is 5.10. The fourth-order valence-electron chi connectivity index (χ4n) is 3.54. The number of hydrogen-bond donors (Lipinski definition) is 2. The third kappa shape index (κ3) is 2.57. The molecule has 2 atom stereocenters. The molecule has 22 heavy (non-hydrogen) atoms. The number of aromatic nitrogens is 1. The molecule has 2 aromatic heterocycles. The number of hydrogen-bond acceptors (Lipinski definition) is 5. The molecule has 6 heteroatoms. The minimum Gasteiger partial charge on any atom is -0.462 e. The molecule has 0 aromatic carbocycles. The van der Waals surface area contributed by atoms with Crippen molar-refractivity contribution in [2.45, 2.75) is 50.7 Å². The normalized spacial score (nSPS) is 27.0. The van der Waals surface area contributed by atoms with Crippen LogP contribution in [0.3, 0.4) is 0 Å². The van der Waals surface area contributed by atoms with Crippen LogP contribution in [0.1, 0.15) is 41.0 Å². The number of furan rings is 1. The van der Waals surface area contributed by atoms with Gasteiger partial charge in [0.15, 0.2) is 10.8 Å². The van der Waals surface area contributed by atoms with Crippen LogP contribution < -0.4 is 10.6 Å². The van der Waals surface area contributed by atoms with E-state index < -0.39 is 0 Å². The Bertz CT molecular complexity index is 668. The van der Waals surface area contributed by atoms with Crippen molar-refractivity contribution in [3.63, 3.8) is 0 Å². The first kappa shape index (κ1) is 14.0. The Balaban J connectivity index is 1.48. The second kappa shape index (κ2) is 5.52. The molecular formula is C16H19N3O2S. The van der Waals surface area contributed by atoms with Crippen molar-refractivity contribution in [1.29, 1.82) is 0 Å². The second-order valence-electron chi connectivity index (χ2n) is 6.18. The summed E-state index contributed by atoms with van der Waals surface area (Å²) in [5.74, 6) is 0.657. The highest BCUT2D eigenvalue weighted by molar-refractivity contribution is 7.15. The summed E-state index contributed by atoms with van der Waals surface area (Å²) in [7, 11) is 0. The van der Waals surface area contributed by atoms with Gasteiger partial charge in [0.1, 0.15) is 5.69 Å². The van der Waals surface area contributed by atoms with Crippen LogP contribution in [0.2, 0.25) is 0 Å². The van der Waals surface area contributed by atoms with Crippen molar-refractivity contribution >= 4 is 17.2 Å². The lowest BCUT2D eigenvalue weighted by Gasteiger charge is -2.29. The lowest BCUT2D eigenvalue weighted by atomic mass is 10.00. The lowest BCUT2D eigenvalue weighted by molar-refractivity contribution is 0.0919. The maximum absolute atomic E-state index is 12.5. The summed E-state index contributed by atoms with van der Waals surface area (Å²) in [6.45, 7) is 1.94. The molecule has 2 saturated heterocycles. The smallest absolute Gasteiger partial charge is 0.271 e. The van der Waals surface area contributed by atoms with Crippen LogP contribution >= 0.6 is 11.3 Å². The van der Waals surface area contributed by atoms with Crippen LogP contribution in [0.25, 0.3) is 10.8 Å². The van der Waals surface area contributed by atoms with Gasteiger partial charge < -0.3 is 15.1 Å². The third-order valence-corrected chi connectivity index (χ3v) is 5.54. The average molecular weight is 317 g/mol. The Kier molecular flexibility index (Phi) is 3.50. The summed E-state index contributed by atoms with van der Waals surface area (Å²) in [6.07, 6.45) is 6.13. The standard InChI is InChI=1S/C16H19N3O2S/c1-9-14(19-16(22-9)13-3-2-6-21-13)15(20)18-12-7-10-4-5-11(8-12)17-10/h2-3,6,10-12,17H,4-5,7-8H2,1H3,(H,18,20). The molecule has 4 heterocycles. The number of carbonyl (C=O) groups excluding carboxylic acids is 1. The third-order valence-electron chi connectivity index (χ3n) is 4.55. The quantitative estimate of drug-likeness (QED) is 0.913. The average Bonchev–Trinajstić information content (AvgIpc) is 3.19. The maximum Gasteiger partial charge on any atom is 0.271 e. The molecule has 2 bridgehead atoms. The summed E-state index contributed by atoms with van der Waals surface area (Å²) < 4.78 is 5.36. The van der Waals surface area contributed by atoms with Gasteiger partial charge in [-0.25, -0.2) is 4.98 Å². The molecule has 4 rings (SSSR count). The van der Waals surface area contributed by atoms with E-state index >= 15 is 0 Å². The number of aryl methyl sites for hydroxylation is 1. The van der Waals surface area contributed by atoms with E-state index in [9.17, 15) is 4.79 Å². The van der Waals surface area contributed by atoms with Gasteiger partial charge in [-0.1, -0.05) is 0 Å². The van der Waals surface area contributed by atoms with Crippen molar-refractivity contribution in [2.75, 3.05) is 0 Å². The highest BCUT2D eigenvalue weighted by Crippen LogP contribution is 2.29. The van der Waals surface area contributed by atoms with Crippen LogP contribution in [0.5, 0.6) is 0 Å². The number of nitrogens with one attached hydrogen (secondary N) is 2. The van der Waals surface area contributed by atoms with E-state index in [0.717, 1.165) is 22.7 Å². The fraction of sp³-hybridized carbons (Fsp3) is 0.500. The Hall–Kier alpha value is -1.66. The van der Waals surface area contributed by atoms with E-state index in [4.69, 9.17) is 4.42 Å². The van der Waals surface area contributed by atoms with Crippen molar-refractivity contribution in [1.82, 2.24) is 15.6 Å². The predicted octanol–water partition coefficient (Wildman–Crippen LogP) is 2.72. The molecule has 5 nitrogen and oxygen atoms in total. The number of carbonyl (C=O) groups is 1. The second-order valence-corrected chi connectivity index (χ2v) is 7.38. The monoisotopic (exact) mass is 317 g/mol. The van der Waals surface area contributed by atoms with Crippen molar-refractivity contribution in [3.05, 3.63) is 29.0 Å². The van der Waals surface area contributed by atoms with E-state index in [1.165, 1.54) is 24.2 Å². The van der Waals surface area contributed by atoms with Gasteiger partial charge in [-0.05, 0) is 44.7 Å². The van der Waals surface area contributed by atoms with Crippen molar-refractivity contribution in [3.8, 4) is 10.8 Å². The maximum atomic E-state index is 12.5. The molecule has 2 fully saturated rings. The van der Waals surface area contributed by atoms with Crippen LogP contribution in [0, 0.1) is 6.92 Å². The highest BCUT2D eigenvalue weighted by Gasteiger charge is 2.34. The van der Waals surface area contributed by atoms with Crippen LogP contribution in [0.15, 0.2) is 22.8 Å². The van der Waals surface area contributed by atoms with Crippen molar-refractivity contribution in [2.24, 2.45) is 0 Å². The molecule has 0 radical (unpaired) electrons. The fourth-order valence-corrected chi connectivity index (χ4v) is 4.42. The van der Waals surface area contributed by atoms with Gasteiger partial charge in [-0.2, -0.15) is 0 Å². The van der Waals surface area contributed by atoms with Gasteiger partial charge in [0.05, 0.1) is 6.26 Å². The zero-order chi connectivity index (χ0) is 15.1. The Labute approximate surface area is 133 Å². The molecule has 2 N–H and O–H groups in total. The Morgan fingerprint density at radius 1 is 1.41 bits per heavy atom. The molecule has 116 valence electrons. The first-order valence-corrected chi connectivity index (χ1v) is 8.59. The molecule has 1 amide bonds. The molecule has 2 aliphatic heterocycles. The summed E-state index contributed by atoms with van der Waals surface area (Å²) in [5, 5.41) is 7.52. The zero-order valence-corrected chi connectivity index (χ0v) is 13.3. The van der Waals surface area contributed by atoms with E-state index in [1.807, 2.05) is 19.1 Å². The minimum atomic E-state index is -0.0575. The Morgan fingerprint density at radius 2 is 2.18 bits per heavy atom. The van der Waals surface area contributed by atoms with Crippen LogP contribution in [0.4, 0.5) is 0 Å². The first-order chi connectivity index (χ1) is 10.7. The van der Waals surface area contributed by atoms with E-state index in [0.29, 0.717) is 23.5 Å². The highest BCUT2D eigenvalue weighted by atomic mass is 32.1. The number of piperidine rings is 1. The van der Waals surface area contributed by atoms with Gasteiger partial charge in [0.25, 0.3) is 5.91 Å². The number of amides is 1. The zero-order valence-electron chi connectivity index (χ0n) is 12.5. The SMILES string of the molecule is Cc1sc(-c2ccco2)nc1C(=O)NC1CC2CCC(C1)N2. The molecule has 0 saturated carbocycles. The summed E-state index contributed by atoms with van der Waals surface area (Å²) >= 11 is 1.50. The van der Waals surface area contributed by atoms with Crippen molar-refractivity contribution < 1.29 is 9.21 Å². The van der Waals surface area contributed by atoms with Crippen LogP contribution in [-0.4, -0.2) is 29.0 Å². The minimum absolute atomic E-state index is 0.0575. The predicted molar refractivity (Wildman–Crippen MR) is 85.0 cm³/mol. The van der Waals surface area contributed by atoms with Gasteiger partial charge in [-0.15, -0.1) is 11.3 Å². The first-order valence-electron chi connectivity index (χ1n) is 7.77. The number of thiazole rings is 1. The van der Waals surface area contributed by atoms with Gasteiger partial charge in [0, 0.05) is 23.0 Å². The van der Waals surface area contributed by atoms with E-state index in [-0.39, 0.29) is 11.9 Å². The van der Waals surface area contributed by atoms with Gasteiger partial charge in [-0.3, -0.25) is 4.79 Å². The molecule has 2 aromatic rings. The van der Waals surface area contributed by atoms with E-state index in [2.05, 4.69) is 15.6 Å². The number of fused-ring (bicyclic) bond motifs is 2. The number of nitrogens with zero attached hydrogens (tertiary/aromatic N) is 1.